The molecule has 0 amide bonds. The van der Waals surface area contributed by atoms with Crippen molar-refractivity contribution in [2.75, 3.05) is 0 Å². The van der Waals surface area contributed by atoms with Gasteiger partial charge >= 0.3 is 0 Å². The molecular weight excluding hydrogens is 238 g/mol. The maximum atomic E-state index is 4.53. The van der Waals surface area contributed by atoms with Gasteiger partial charge in [0.2, 0.25) is 0 Å². The number of hydrogen-bond donors (Lipinski definition) is 0. The second-order valence-corrected chi connectivity index (χ2v) is 6.19. The summed E-state index contributed by atoms with van der Waals surface area (Å²) >= 11 is 1.85. The van der Waals surface area contributed by atoms with E-state index in [0.717, 1.165) is 5.92 Å². The van der Waals surface area contributed by atoms with Gasteiger partial charge in [-0.15, -0.1) is 11.3 Å². The van der Waals surface area contributed by atoms with Crippen molar-refractivity contribution in [1.29, 1.82) is 0 Å². The van der Waals surface area contributed by atoms with Crippen LogP contribution in [0.15, 0.2) is 11.6 Å². The molecule has 0 fully saturated rings. The zero-order valence-corrected chi connectivity index (χ0v) is 13.0. The van der Waals surface area contributed by atoms with Gasteiger partial charge in [-0.05, 0) is 12.8 Å². The summed E-state index contributed by atoms with van der Waals surface area (Å²) in [7, 11) is 0. The Kier molecular flexibility index (Phi) is 9.19. The van der Waals surface area contributed by atoms with Crippen LogP contribution in [0.4, 0.5) is 0 Å². The standard InChI is InChI=1S/C16H29NS/c1-3-5-7-9-11-15(12-10-8-6-4-2)16-17-13-14-18-16/h13-15H,3-12H2,1-2H3. The van der Waals surface area contributed by atoms with Crippen molar-refractivity contribution in [1.82, 2.24) is 4.98 Å². The largest absolute Gasteiger partial charge is 0.249 e. The van der Waals surface area contributed by atoms with Crippen molar-refractivity contribution in [3.8, 4) is 0 Å². The fourth-order valence-electron chi connectivity index (χ4n) is 2.46. The molecule has 2 heteroatoms. The molecule has 1 aromatic rings. The fourth-order valence-corrected chi connectivity index (χ4v) is 3.27. The van der Waals surface area contributed by atoms with E-state index < -0.39 is 0 Å². The highest BCUT2D eigenvalue weighted by molar-refractivity contribution is 7.09. The highest BCUT2D eigenvalue weighted by Crippen LogP contribution is 2.29. The molecule has 0 N–H and O–H groups in total. The van der Waals surface area contributed by atoms with Crippen LogP contribution in [-0.4, -0.2) is 4.98 Å². The van der Waals surface area contributed by atoms with Crippen LogP contribution in [0.1, 0.15) is 89.0 Å². The highest BCUT2D eigenvalue weighted by atomic mass is 32.1. The number of rotatable bonds is 11. The summed E-state index contributed by atoms with van der Waals surface area (Å²) in [5, 5.41) is 3.50. The molecule has 0 aliphatic carbocycles. The quantitative estimate of drug-likeness (QED) is 0.437. The topological polar surface area (TPSA) is 12.9 Å². The third kappa shape index (κ3) is 6.53. The first-order valence-electron chi connectivity index (χ1n) is 7.77. The van der Waals surface area contributed by atoms with Gasteiger partial charge in [-0.2, -0.15) is 0 Å². The Bertz CT molecular complexity index is 257. The van der Waals surface area contributed by atoms with E-state index >= 15 is 0 Å². The number of aromatic nitrogens is 1. The van der Waals surface area contributed by atoms with Crippen LogP contribution in [0.3, 0.4) is 0 Å². The van der Waals surface area contributed by atoms with E-state index in [1.54, 1.807) is 0 Å². The van der Waals surface area contributed by atoms with Crippen LogP contribution < -0.4 is 0 Å². The van der Waals surface area contributed by atoms with Crippen LogP contribution in [-0.2, 0) is 0 Å². The van der Waals surface area contributed by atoms with Crippen molar-refractivity contribution >= 4 is 11.3 Å². The molecule has 0 aromatic carbocycles. The number of unbranched alkanes of at least 4 members (excludes halogenated alkanes) is 6. The van der Waals surface area contributed by atoms with Crippen LogP contribution in [0, 0.1) is 0 Å². The number of nitrogens with zero attached hydrogens (tertiary/aromatic N) is 1. The second kappa shape index (κ2) is 10.5. The SMILES string of the molecule is CCCCCCC(CCCCCC)c1nccs1. The third-order valence-corrected chi connectivity index (χ3v) is 4.55. The highest BCUT2D eigenvalue weighted by Gasteiger charge is 2.13. The second-order valence-electron chi connectivity index (χ2n) is 5.27. The van der Waals surface area contributed by atoms with Gasteiger partial charge in [0.25, 0.3) is 0 Å². The lowest BCUT2D eigenvalue weighted by Crippen LogP contribution is -1.99. The van der Waals surface area contributed by atoms with E-state index in [1.165, 1.54) is 69.2 Å². The maximum Gasteiger partial charge on any atom is 0.0955 e. The first-order valence-corrected chi connectivity index (χ1v) is 8.65. The third-order valence-electron chi connectivity index (χ3n) is 3.61. The smallest absolute Gasteiger partial charge is 0.0955 e. The molecule has 0 bridgehead atoms. The molecule has 0 saturated carbocycles. The summed E-state index contributed by atoms with van der Waals surface area (Å²) in [6, 6.07) is 0. The van der Waals surface area contributed by atoms with Crippen molar-refractivity contribution in [3.63, 3.8) is 0 Å². The minimum atomic E-state index is 0.735. The molecular formula is C16H29NS. The molecule has 1 nitrogen and oxygen atoms in total. The van der Waals surface area contributed by atoms with E-state index in [-0.39, 0.29) is 0 Å². The Balaban J connectivity index is 2.29. The van der Waals surface area contributed by atoms with E-state index in [0.29, 0.717) is 0 Å². The van der Waals surface area contributed by atoms with Crippen molar-refractivity contribution in [3.05, 3.63) is 16.6 Å². The molecule has 0 atom stereocenters. The first kappa shape index (κ1) is 15.7. The van der Waals surface area contributed by atoms with E-state index in [2.05, 4.69) is 24.2 Å². The lowest BCUT2D eigenvalue weighted by atomic mass is 9.95. The molecule has 0 aliphatic heterocycles. The summed E-state index contributed by atoms with van der Waals surface area (Å²) in [5.41, 5.74) is 0. The maximum absolute atomic E-state index is 4.53. The van der Waals surface area contributed by atoms with Crippen LogP contribution in [0.2, 0.25) is 0 Å². The first-order chi connectivity index (χ1) is 8.88. The van der Waals surface area contributed by atoms with E-state index in [4.69, 9.17) is 0 Å². The Morgan fingerprint density at radius 3 is 2.00 bits per heavy atom. The average Bonchev–Trinajstić information content (AvgIpc) is 2.91. The van der Waals surface area contributed by atoms with Gasteiger partial charge in [0.05, 0.1) is 5.01 Å². The molecule has 0 spiro atoms. The average molecular weight is 267 g/mol. The minimum absolute atomic E-state index is 0.735. The molecule has 1 heterocycles. The zero-order chi connectivity index (χ0) is 13.1. The number of hydrogen-bond acceptors (Lipinski definition) is 2. The van der Waals surface area contributed by atoms with Crippen LogP contribution in [0.5, 0.6) is 0 Å². The zero-order valence-electron chi connectivity index (χ0n) is 12.2. The van der Waals surface area contributed by atoms with Gasteiger partial charge < -0.3 is 0 Å². The summed E-state index contributed by atoms with van der Waals surface area (Å²) in [5.74, 6) is 0.735. The Labute approximate surface area is 117 Å². The number of thiazole rings is 1. The molecule has 0 radical (unpaired) electrons. The van der Waals surface area contributed by atoms with Gasteiger partial charge in [0.1, 0.15) is 0 Å². The molecule has 1 rings (SSSR count). The molecule has 1 aromatic heterocycles. The summed E-state index contributed by atoms with van der Waals surface area (Å²) in [6.07, 6.45) is 15.7. The summed E-state index contributed by atoms with van der Waals surface area (Å²) in [6.45, 7) is 4.56. The monoisotopic (exact) mass is 267 g/mol. The lowest BCUT2D eigenvalue weighted by molar-refractivity contribution is 0.495. The van der Waals surface area contributed by atoms with Gasteiger partial charge in [-0.25, -0.2) is 4.98 Å². The Morgan fingerprint density at radius 1 is 0.944 bits per heavy atom. The van der Waals surface area contributed by atoms with Gasteiger partial charge in [0, 0.05) is 17.5 Å². The van der Waals surface area contributed by atoms with Gasteiger partial charge in [-0.1, -0.05) is 65.2 Å². The predicted molar refractivity (Wildman–Crippen MR) is 82.4 cm³/mol. The normalized spacial score (nSPS) is 11.3. The Hall–Kier alpha value is -0.370. The van der Waals surface area contributed by atoms with E-state index in [1.807, 2.05) is 17.5 Å². The van der Waals surface area contributed by atoms with Gasteiger partial charge in [-0.3, -0.25) is 0 Å². The van der Waals surface area contributed by atoms with Crippen molar-refractivity contribution < 1.29 is 0 Å². The molecule has 0 aliphatic rings. The van der Waals surface area contributed by atoms with Crippen LogP contribution >= 0.6 is 11.3 Å². The minimum Gasteiger partial charge on any atom is -0.249 e. The van der Waals surface area contributed by atoms with E-state index in [9.17, 15) is 0 Å². The molecule has 104 valence electrons. The summed E-state index contributed by atoms with van der Waals surface area (Å²) in [4.78, 5) is 4.53. The van der Waals surface area contributed by atoms with Crippen molar-refractivity contribution in [2.45, 2.75) is 84.0 Å². The molecule has 0 unspecified atom stereocenters. The molecule has 18 heavy (non-hydrogen) atoms. The fraction of sp³-hybridized carbons (Fsp3) is 0.812. The molecule has 0 saturated heterocycles. The van der Waals surface area contributed by atoms with Crippen molar-refractivity contribution in [2.24, 2.45) is 0 Å². The van der Waals surface area contributed by atoms with Gasteiger partial charge in [0.15, 0.2) is 0 Å². The Morgan fingerprint density at radius 2 is 1.56 bits per heavy atom. The van der Waals surface area contributed by atoms with Crippen LogP contribution in [0.25, 0.3) is 0 Å². The lowest BCUT2D eigenvalue weighted by Gasteiger charge is -2.14. The predicted octanol–water partition coefficient (Wildman–Crippen LogP) is 6.17. The summed E-state index contributed by atoms with van der Waals surface area (Å²) < 4.78 is 0.